The molecule has 0 aliphatic carbocycles. The van der Waals surface area contributed by atoms with Gasteiger partial charge in [-0.05, 0) is 47.0 Å². The Morgan fingerprint density at radius 2 is 2.00 bits per heavy atom. The first-order valence-electron chi connectivity index (χ1n) is 5.84. The Kier molecular flexibility index (Phi) is 4.29. The third-order valence-electron chi connectivity index (χ3n) is 3.08. The molecule has 0 amide bonds. The van der Waals surface area contributed by atoms with Crippen LogP contribution in [0.3, 0.4) is 0 Å². The van der Waals surface area contributed by atoms with Gasteiger partial charge >= 0.3 is 0 Å². The summed E-state index contributed by atoms with van der Waals surface area (Å²) in [5.41, 5.74) is 0.180. The van der Waals surface area contributed by atoms with E-state index in [4.69, 9.17) is 4.74 Å². The molecule has 0 radical (unpaired) electrons. The third-order valence-corrected chi connectivity index (χ3v) is 3.08. The molecule has 1 aromatic rings. The van der Waals surface area contributed by atoms with Gasteiger partial charge in [0.15, 0.2) is 5.78 Å². The monoisotopic (exact) mass is 235 g/mol. The molecule has 1 aromatic carbocycles. The van der Waals surface area contributed by atoms with E-state index in [2.05, 4.69) is 0 Å². The van der Waals surface area contributed by atoms with Crippen molar-refractivity contribution in [2.75, 3.05) is 20.7 Å². The lowest BCUT2D eigenvalue weighted by Crippen LogP contribution is -2.45. The van der Waals surface area contributed by atoms with Crippen LogP contribution < -0.4 is 4.74 Å². The number of Topliss-reactive ketones (excluding diaryl/α,β-unsaturated/α-hetero) is 1. The average molecular weight is 235 g/mol. The minimum Gasteiger partial charge on any atom is -0.494 e. The number of hydrogen-bond acceptors (Lipinski definition) is 3. The first-order valence-corrected chi connectivity index (χ1v) is 5.84. The summed E-state index contributed by atoms with van der Waals surface area (Å²) in [5.74, 6) is 0.844. The molecule has 0 atom stereocenters. The van der Waals surface area contributed by atoms with E-state index < -0.39 is 5.54 Å². The van der Waals surface area contributed by atoms with Gasteiger partial charge in [-0.1, -0.05) is 12.1 Å². The van der Waals surface area contributed by atoms with Crippen LogP contribution in [0.25, 0.3) is 0 Å². The number of hydrogen-bond donors (Lipinski definition) is 0. The van der Waals surface area contributed by atoms with Crippen LogP contribution in [0.5, 0.6) is 5.75 Å². The molecular weight excluding hydrogens is 214 g/mol. The van der Waals surface area contributed by atoms with Crippen molar-refractivity contribution in [1.82, 2.24) is 4.90 Å². The van der Waals surface area contributed by atoms with E-state index in [1.165, 1.54) is 0 Å². The van der Waals surface area contributed by atoms with Crippen molar-refractivity contribution in [2.45, 2.75) is 26.3 Å². The number of ether oxygens (including phenoxy) is 1. The molecule has 0 N–H and O–H groups in total. The highest BCUT2D eigenvalue weighted by Crippen LogP contribution is 2.21. The predicted molar refractivity (Wildman–Crippen MR) is 69.7 cm³/mol. The summed E-state index contributed by atoms with van der Waals surface area (Å²) in [5, 5.41) is 0. The quantitative estimate of drug-likeness (QED) is 0.735. The number of ketones is 1. The molecule has 0 heterocycles. The van der Waals surface area contributed by atoms with Gasteiger partial charge in [0.25, 0.3) is 0 Å². The third kappa shape index (κ3) is 3.07. The molecule has 3 heteroatoms. The van der Waals surface area contributed by atoms with Crippen LogP contribution in [0.2, 0.25) is 0 Å². The second kappa shape index (κ2) is 5.32. The molecule has 0 spiro atoms. The Hall–Kier alpha value is -1.35. The van der Waals surface area contributed by atoms with Gasteiger partial charge < -0.3 is 4.74 Å². The molecule has 0 saturated heterocycles. The van der Waals surface area contributed by atoms with Crippen molar-refractivity contribution in [3.63, 3.8) is 0 Å². The van der Waals surface area contributed by atoms with E-state index in [9.17, 15) is 4.79 Å². The van der Waals surface area contributed by atoms with Gasteiger partial charge in [0.2, 0.25) is 0 Å². The molecule has 0 saturated carbocycles. The average Bonchev–Trinajstić information content (AvgIpc) is 2.28. The number of likely N-dealkylation sites (N-methyl/N-ethyl adjacent to an activating group) is 1. The van der Waals surface area contributed by atoms with E-state index in [1.807, 2.05) is 58.0 Å². The smallest absolute Gasteiger partial charge is 0.182 e. The molecule has 0 bridgehead atoms. The molecular formula is C14H21NO2. The van der Waals surface area contributed by atoms with Gasteiger partial charge in [-0.25, -0.2) is 0 Å². The summed E-state index contributed by atoms with van der Waals surface area (Å²) in [6.07, 6.45) is 0. The Bertz CT molecular complexity index is 397. The van der Waals surface area contributed by atoms with Gasteiger partial charge in [0, 0.05) is 5.56 Å². The topological polar surface area (TPSA) is 29.5 Å². The molecule has 94 valence electrons. The maximum Gasteiger partial charge on any atom is 0.182 e. The van der Waals surface area contributed by atoms with Crippen LogP contribution in [0.1, 0.15) is 31.1 Å². The van der Waals surface area contributed by atoms with Crippen LogP contribution in [-0.4, -0.2) is 36.9 Å². The predicted octanol–water partition coefficient (Wildman–Crippen LogP) is 2.61. The van der Waals surface area contributed by atoms with Crippen LogP contribution in [0, 0.1) is 0 Å². The zero-order chi connectivity index (χ0) is 13.1. The number of benzene rings is 1. The summed E-state index contributed by atoms with van der Waals surface area (Å²) in [6.45, 7) is 6.37. The van der Waals surface area contributed by atoms with Crippen molar-refractivity contribution in [2.24, 2.45) is 0 Å². The van der Waals surface area contributed by atoms with Gasteiger partial charge in [-0.15, -0.1) is 0 Å². The second-order valence-corrected chi connectivity index (χ2v) is 4.74. The van der Waals surface area contributed by atoms with E-state index in [0.717, 1.165) is 5.75 Å². The highest BCUT2D eigenvalue weighted by atomic mass is 16.5. The molecule has 1 rings (SSSR count). The SMILES string of the molecule is CCOc1cccc(C(=O)C(C)(C)N(C)C)c1. The minimum atomic E-state index is -0.509. The Morgan fingerprint density at radius 3 is 2.53 bits per heavy atom. The number of nitrogens with zero attached hydrogens (tertiary/aromatic N) is 1. The van der Waals surface area contributed by atoms with E-state index in [0.29, 0.717) is 12.2 Å². The Balaban J connectivity index is 3.00. The van der Waals surface area contributed by atoms with Crippen molar-refractivity contribution in [3.05, 3.63) is 29.8 Å². The molecule has 0 aliphatic rings. The fourth-order valence-corrected chi connectivity index (χ4v) is 1.45. The first kappa shape index (κ1) is 13.7. The normalized spacial score (nSPS) is 11.6. The number of carbonyl (C=O) groups is 1. The zero-order valence-electron chi connectivity index (χ0n) is 11.3. The van der Waals surface area contributed by atoms with Crippen molar-refractivity contribution < 1.29 is 9.53 Å². The molecule has 0 unspecified atom stereocenters. The molecule has 17 heavy (non-hydrogen) atoms. The minimum absolute atomic E-state index is 0.101. The van der Waals surface area contributed by atoms with E-state index in [1.54, 1.807) is 6.07 Å². The second-order valence-electron chi connectivity index (χ2n) is 4.74. The van der Waals surface area contributed by atoms with E-state index >= 15 is 0 Å². The van der Waals surface area contributed by atoms with Crippen LogP contribution >= 0.6 is 0 Å². The summed E-state index contributed by atoms with van der Waals surface area (Å²) in [7, 11) is 3.81. The zero-order valence-corrected chi connectivity index (χ0v) is 11.3. The molecule has 3 nitrogen and oxygen atoms in total. The van der Waals surface area contributed by atoms with Gasteiger partial charge in [0.1, 0.15) is 5.75 Å². The van der Waals surface area contributed by atoms with Crippen LogP contribution in [0.15, 0.2) is 24.3 Å². The first-order chi connectivity index (χ1) is 7.89. The summed E-state index contributed by atoms with van der Waals surface area (Å²) in [6, 6.07) is 7.35. The van der Waals surface area contributed by atoms with Crippen molar-refractivity contribution >= 4 is 5.78 Å². The van der Waals surface area contributed by atoms with Crippen molar-refractivity contribution in [3.8, 4) is 5.75 Å². The number of carbonyl (C=O) groups excluding carboxylic acids is 1. The standard InChI is InChI=1S/C14H21NO2/c1-6-17-12-9-7-8-11(10-12)13(16)14(2,3)15(4)5/h7-10H,6H2,1-5H3. The maximum absolute atomic E-state index is 12.4. The molecule has 0 aromatic heterocycles. The Labute approximate surface area is 103 Å². The highest BCUT2D eigenvalue weighted by molar-refractivity contribution is 6.02. The fraction of sp³-hybridized carbons (Fsp3) is 0.500. The van der Waals surface area contributed by atoms with Crippen LogP contribution in [-0.2, 0) is 0 Å². The van der Waals surface area contributed by atoms with Crippen molar-refractivity contribution in [1.29, 1.82) is 0 Å². The maximum atomic E-state index is 12.4. The lowest BCUT2D eigenvalue weighted by Gasteiger charge is -2.30. The Morgan fingerprint density at radius 1 is 1.35 bits per heavy atom. The van der Waals surface area contributed by atoms with Gasteiger partial charge in [0.05, 0.1) is 12.1 Å². The molecule has 0 aliphatic heterocycles. The van der Waals surface area contributed by atoms with Gasteiger partial charge in [-0.2, -0.15) is 0 Å². The summed E-state index contributed by atoms with van der Waals surface area (Å²) in [4.78, 5) is 14.3. The summed E-state index contributed by atoms with van der Waals surface area (Å²) < 4.78 is 5.40. The lowest BCUT2D eigenvalue weighted by atomic mass is 9.92. The van der Waals surface area contributed by atoms with E-state index in [-0.39, 0.29) is 5.78 Å². The fourth-order valence-electron chi connectivity index (χ4n) is 1.45. The largest absolute Gasteiger partial charge is 0.494 e. The molecule has 0 fully saturated rings. The van der Waals surface area contributed by atoms with Gasteiger partial charge in [-0.3, -0.25) is 9.69 Å². The number of rotatable bonds is 5. The highest BCUT2D eigenvalue weighted by Gasteiger charge is 2.30. The lowest BCUT2D eigenvalue weighted by molar-refractivity contribution is 0.0755. The van der Waals surface area contributed by atoms with Crippen LogP contribution in [0.4, 0.5) is 0 Å². The summed E-state index contributed by atoms with van der Waals surface area (Å²) >= 11 is 0.